The summed E-state index contributed by atoms with van der Waals surface area (Å²) in [4.78, 5) is 18.9. The molecule has 0 bridgehead atoms. The van der Waals surface area contributed by atoms with Gasteiger partial charge < -0.3 is 15.0 Å². The summed E-state index contributed by atoms with van der Waals surface area (Å²) in [6.45, 7) is 10.4. The van der Waals surface area contributed by atoms with Gasteiger partial charge in [-0.1, -0.05) is 36.4 Å². The smallest absolute Gasteiger partial charge is 0.317 e. The van der Waals surface area contributed by atoms with Crippen molar-refractivity contribution in [2.45, 2.75) is 64.1 Å². The molecule has 2 aliphatic heterocycles. The molecular weight excluding hydrogens is 515 g/mol. The van der Waals surface area contributed by atoms with E-state index in [1.807, 2.05) is 43.3 Å². The average molecular weight is 557 g/mol. The second kappa shape index (κ2) is 10.9. The van der Waals surface area contributed by atoms with E-state index in [0.29, 0.717) is 29.9 Å². The number of pyridine rings is 1. The Morgan fingerprint density at radius 1 is 1.07 bits per heavy atom. The maximum Gasteiger partial charge on any atom is 0.317 e. The summed E-state index contributed by atoms with van der Waals surface area (Å²) >= 11 is 0. The van der Waals surface area contributed by atoms with Crippen LogP contribution in [-0.4, -0.2) is 76.2 Å². The van der Waals surface area contributed by atoms with Gasteiger partial charge in [0.15, 0.2) is 5.82 Å². The summed E-state index contributed by atoms with van der Waals surface area (Å²) < 4.78 is 22.8. The van der Waals surface area contributed by atoms with Crippen molar-refractivity contribution in [3.8, 4) is 17.3 Å². The molecule has 4 aromatic rings. The number of nitrogens with zero attached hydrogens (tertiary/aromatic N) is 5. The lowest BCUT2D eigenvalue weighted by Crippen LogP contribution is -2.46. The molecule has 2 aliphatic rings. The van der Waals surface area contributed by atoms with Gasteiger partial charge in [-0.05, 0) is 90.0 Å². The van der Waals surface area contributed by atoms with E-state index in [2.05, 4.69) is 53.0 Å². The van der Waals surface area contributed by atoms with Crippen molar-refractivity contribution in [3.63, 3.8) is 0 Å². The number of aryl methyl sites for hydroxylation is 1. The molecule has 0 amide bonds. The molecule has 2 aromatic heterocycles. The normalized spacial score (nSPS) is 17.1. The van der Waals surface area contributed by atoms with Crippen LogP contribution in [0.1, 0.15) is 50.8 Å². The van der Waals surface area contributed by atoms with Crippen LogP contribution < -0.4 is 10.1 Å². The number of rotatable bonds is 9. The minimum absolute atomic E-state index is 0.0505. The van der Waals surface area contributed by atoms with Crippen LogP contribution >= 0.6 is 0 Å². The van der Waals surface area contributed by atoms with Crippen molar-refractivity contribution in [2.24, 2.45) is 0 Å². The molecule has 8 heteroatoms. The topological polar surface area (TPSA) is 66.4 Å². The van der Waals surface area contributed by atoms with Gasteiger partial charge in [0.05, 0.1) is 11.2 Å². The fourth-order valence-corrected chi connectivity index (χ4v) is 6.51. The van der Waals surface area contributed by atoms with Crippen LogP contribution in [-0.2, 0) is 6.54 Å². The first-order valence-electron chi connectivity index (χ1n) is 14.8. The van der Waals surface area contributed by atoms with Gasteiger partial charge in [0, 0.05) is 35.8 Å². The summed E-state index contributed by atoms with van der Waals surface area (Å²) in [5, 5.41) is 6.19. The van der Waals surface area contributed by atoms with Crippen molar-refractivity contribution in [1.82, 2.24) is 30.1 Å². The van der Waals surface area contributed by atoms with Crippen LogP contribution in [0.2, 0.25) is 0 Å². The summed E-state index contributed by atoms with van der Waals surface area (Å²) in [5.74, 6) is -0.443. The van der Waals surface area contributed by atoms with Crippen LogP contribution in [0, 0.1) is 12.7 Å². The molecule has 0 unspecified atom stereocenters. The molecule has 4 heterocycles. The van der Waals surface area contributed by atoms with Crippen molar-refractivity contribution in [2.75, 3.05) is 40.3 Å². The highest BCUT2D eigenvalue weighted by molar-refractivity contribution is 5.99. The third kappa shape index (κ3) is 5.17. The van der Waals surface area contributed by atoms with E-state index >= 15 is 4.39 Å². The van der Waals surface area contributed by atoms with Gasteiger partial charge in [-0.25, -0.2) is 4.39 Å². The predicted octanol–water partition coefficient (Wildman–Crippen LogP) is 5.73. The lowest BCUT2D eigenvalue weighted by molar-refractivity contribution is 0.107. The maximum absolute atomic E-state index is 16.5. The molecule has 0 aliphatic carbocycles. The van der Waals surface area contributed by atoms with Crippen LogP contribution in [0.15, 0.2) is 42.6 Å². The Hall–Kier alpha value is -3.20. The maximum atomic E-state index is 16.5. The molecule has 0 atom stereocenters. The van der Waals surface area contributed by atoms with Crippen LogP contribution in [0.5, 0.6) is 6.01 Å². The molecular formula is C33H41FN6O. The quantitative estimate of drug-likeness (QED) is 0.282. The van der Waals surface area contributed by atoms with Crippen molar-refractivity contribution < 1.29 is 9.13 Å². The number of benzene rings is 2. The molecule has 2 aromatic carbocycles. The Labute approximate surface area is 242 Å². The second-order valence-corrected chi connectivity index (χ2v) is 12.6. The van der Waals surface area contributed by atoms with Crippen LogP contribution in [0.25, 0.3) is 32.9 Å². The third-order valence-corrected chi connectivity index (χ3v) is 9.45. The molecule has 216 valence electrons. The Kier molecular flexibility index (Phi) is 7.42. The van der Waals surface area contributed by atoms with Crippen LogP contribution in [0.3, 0.4) is 0 Å². The second-order valence-electron chi connectivity index (χ2n) is 12.6. The van der Waals surface area contributed by atoms with Gasteiger partial charge >= 0.3 is 6.01 Å². The highest BCUT2D eigenvalue weighted by atomic mass is 19.1. The van der Waals surface area contributed by atoms with Crippen molar-refractivity contribution >= 4 is 21.7 Å². The SMILES string of the molecule is Cc1cccc2cccc(-c3ncc4c(CNCC(C)(C)N(C)C)nc(OCC56CCCN5CCC6)nc4c3F)c12. The van der Waals surface area contributed by atoms with E-state index in [0.717, 1.165) is 54.4 Å². The Morgan fingerprint density at radius 2 is 1.80 bits per heavy atom. The van der Waals surface area contributed by atoms with Crippen molar-refractivity contribution in [3.05, 3.63) is 59.7 Å². The molecule has 0 spiro atoms. The van der Waals surface area contributed by atoms with Gasteiger partial charge in [0.2, 0.25) is 0 Å². The molecule has 41 heavy (non-hydrogen) atoms. The van der Waals surface area contributed by atoms with Gasteiger partial charge in [-0.3, -0.25) is 9.88 Å². The number of aromatic nitrogens is 3. The molecule has 7 nitrogen and oxygen atoms in total. The predicted molar refractivity (Wildman–Crippen MR) is 163 cm³/mol. The Morgan fingerprint density at radius 3 is 2.54 bits per heavy atom. The molecule has 1 N–H and O–H groups in total. The number of nitrogens with one attached hydrogen (secondary N) is 1. The highest BCUT2D eigenvalue weighted by Gasteiger charge is 2.45. The number of hydrogen-bond acceptors (Lipinski definition) is 7. The lowest BCUT2D eigenvalue weighted by atomic mass is 9.95. The van der Waals surface area contributed by atoms with Gasteiger partial charge in [0.1, 0.15) is 17.8 Å². The minimum atomic E-state index is -0.443. The third-order valence-electron chi connectivity index (χ3n) is 9.45. The summed E-state index contributed by atoms with van der Waals surface area (Å²) in [7, 11) is 4.14. The summed E-state index contributed by atoms with van der Waals surface area (Å²) in [6.07, 6.45) is 6.34. The lowest BCUT2D eigenvalue weighted by Gasteiger charge is -2.32. The van der Waals surface area contributed by atoms with E-state index in [-0.39, 0.29) is 22.6 Å². The first kappa shape index (κ1) is 27.9. The molecule has 0 radical (unpaired) electrons. The summed E-state index contributed by atoms with van der Waals surface area (Å²) in [6, 6.07) is 12.3. The number of hydrogen-bond donors (Lipinski definition) is 1. The van der Waals surface area contributed by atoms with E-state index in [9.17, 15) is 0 Å². The standard InChI is InChI=1S/C33H41FN6O/c1-22-10-6-11-23-12-7-13-24(27(22)23)29-28(34)30-25(18-36-29)26(19-35-20-32(2,3)39(4)5)37-31(38-30)41-21-33-14-8-16-40(33)17-9-15-33/h6-7,10-13,18,35H,8-9,14-17,19-21H2,1-5H3. The zero-order valence-electron chi connectivity index (χ0n) is 24.9. The van der Waals surface area contributed by atoms with Gasteiger partial charge in [0.25, 0.3) is 0 Å². The fourth-order valence-electron chi connectivity index (χ4n) is 6.51. The first-order valence-corrected chi connectivity index (χ1v) is 14.8. The largest absolute Gasteiger partial charge is 0.461 e. The zero-order chi connectivity index (χ0) is 28.8. The monoisotopic (exact) mass is 556 g/mol. The van der Waals surface area contributed by atoms with E-state index in [4.69, 9.17) is 9.72 Å². The number of fused-ring (bicyclic) bond motifs is 3. The number of likely N-dealkylation sites (N-methyl/N-ethyl adjacent to an activating group) is 1. The van der Waals surface area contributed by atoms with Crippen LogP contribution in [0.4, 0.5) is 4.39 Å². The first-order chi connectivity index (χ1) is 19.7. The van der Waals surface area contributed by atoms with Gasteiger partial charge in [-0.2, -0.15) is 9.97 Å². The van der Waals surface area contributed by atoms with E-state index < -0.39 is 5.82 Å². The molecule has 2 fully saturated rings. The molecule has 6 rings (SSSR count). The molecule has 0 saturated carbocycles. The average Bonchev–Trinajstić information content (AvgIpc) is 3.53. The van der Waals surface area contributed by atoms with Crippen molar-refractivity contribution in [1.29, 1.82) is 0 Å². The fraction of sp³-hybridized carbons (Fsp3) is 0.485. The molecule has 2 saturated heterocycles. The number of halogens is 1. The minimum Gasteiger partial charge on any atom is -0.461 e. The van der Waals surface area contributed by atoms with E-state index in [1.165, 1.54) is 12.8 Å². The number of ether oxygens (including phenoxy) is 1. The Balaban J connectivity index is 1.40. The zero-order valence-corrected chi connectivity index (χ0v) is 24.9. The summed E-state index contributed by atoms with van der Waals surface area (Å²) in [5.41, 5.74) is 3.08. The highest BCUT2D eigenvalue weighted by Crippen LogP contribution is 2.39. The van der Waals surface area contributed by atoms with E-state index in [1.54, 1.807) is 6.20 Å². The Bertz CT molecular complexity index is 1570. The van der Waals surface area contributed by atoms with Gasteiger partial charge in [-0.15, -0.1) is 0 Å².